The minimum atomic E-state index is -0.476. The van der Waals surface area contributed by atoms with E-state index in [-0.39, 0.29) is 52.4 Å². The standard InChI is InChI=1S/C44H28/c1-2-12-29(13-3-1)36-19-8-9-21-38(36)39-22-11-18-35-27-33-16-6-7-20-37(33)44(43(35)39)40-23-10-17-30-24-25-34-26-31-14-4-5-15-32(31)28-41(34)42(30)40/h1-28H/i6D,7D,11D,16D,18D,20D,22D,27D. The van der Waals surface area contributed by atoms with Gasteiger partial charge in [0.2, 0.25) is 0 Å². The summed E-state index contributed by atoms with van der Waals surface area (Å²) in [5.74, 6) is 0. The van der Waals surface area contributed by atoms with Gasteiger partial charge in [-0.2, -0.15) is 0 Å². The average molecular weight is 565 g/mol. The summed E-state index contributed by atoms with van der Waals surface area (Å²) in [6, 6.07) is 36.8. The Morgan fingerprint density at radius 3 is 1.93 bits per heavy atom. The maximum atomic E-state index is 9.55. The van der Waals surface area contributed by atoms with Gasteiger partial charge in [-0.25, -0.2) is 0 Å². The molecule has 0 radical (unpaired) electrons. The lowest BCUT2D eigenvalue weighted by molar-refractivity contribution is 1.60. The average Bonchev–Trinajstić information content (AvgIpc) is 3.17. The van der Waals surface area contributed by atoms with Crippen molar-refractivity contribution in [2.75, 3.05) is 0 Å². The maximum Gasteiger partial charge on any atom is 0.0636 e. The van der Waals surface area contributed by atoms with Gasteiger partial charge in [0.15, 0.2) is 0 Å². The Morgan fingerprint density at radius 2 is 1.05 bits per heavy atom. The number of hydrogen-bond acceptors (Lipinski definition) is 0. The molecule has 0 heterocycles. The summed E-state index contributed by atoms with van der Waals surface area (Å²) >= 11 is 0. The lowest BCUT2D eigenvalue weighted by atomic mass is 9.83. The lowest BCUT2D eigenvalue weighted by Crippen LogP contribution is -1.92. The molecule has 0 heteroatoms. The van der Waals surface area contributed by atoms with Gasteiger partial charge in [0.1, 0.15) is 0 Å². The minimum absolute atomic E-state index is 0.0240. The van der Waals surface area contributed by atoms with E-state index in [1.807, 2.05) is 91.0 Å². The van der Waals surface area contributed by atoms with Crippen LogP contribution in [0.5, 0.6) is 0 Å². The molecule has 0 aliphatic rings. The van der Waals surface area contributed by atoms with Gasteiger partial charge in [-0.15, -0.1) is 0 Å². The van der Waals surface area contributed by atoms with Gasteiger partial charge >= 0.3 is 0 Å². The Labute approximate surface area is 267 Å². The summed E-state index contributed by atoms with van der Waals surface area (Å²) in [6.07, 6.45) is 0. The van der Waals surface area contributed by atoms with E-state index in [1.54, 1.807) is 0 Å². The van der Waals surface area contributed by atoms with Crippen LogP contribution in [0.15, 0.2) is 170 Å². The first-order valence-corrected chi connectivity index (χ1v) is 14.6. The van der Waals surface area contributed by atoms with E-state index >= 15 is 0 Å². The molecular weight excluding hydrogens is 528 g/mol. The van der Waals surface area contributed by atoms with Crippen molar-refractivity contribution in [1.82, 2.24) is 0 Å². The quantitative estimate of drug-likeness (QED) is 0.148. The first-order valence-electron chi connectivity index (χ1n) is 18.6. The van der Waals surface area contributed by atoms with Crippen molar-refractivity contribution < 1.29 is 11.0 Å². The molecule has 9 aromatic rings. The lowest BCUT2D eigenvalue weighted by Gasteiger charge is -2.20. The van der Waals surface area contributed by atoms with Crippen LogP contribution in [0, 0.1) is 0 Å². The molecule has 0 atom stereocenters. The van der Waals surface area contributed by atoms with E-state index in [0.717, 1.165) is 43.4 Å². The predicted octanol–water partition coefficient (Wildman–Crippen LogP) is 12.5. The Balaban J connectivity index is 1.60. The van der Waals surface area contributed by atoms with Crippen molar-refractivity contribution in [3.05, 3.63) is 170 Å². The van der Waals surface area contributed by atoms with Crippen LogP contribution in [-0.4, -0.2) is 0 Å². The van der Waals surface area contributed by atoms with Gasteiger partial charge in [-0.05, 0) is 105 Å². The fourth-order valence-corrected chi connectivity index (χ4v) is 6.65. The second kappa shape index (κ2) is 9.93. The monoisotopic (exact) mass is 564 g/mol. The summed E-state index contributed by atoms with van der Waals surface area (Å²) in [6.45, 7) is 0. The van der Waals surface area contributed by atoms with Crippen molar-refractivity contribution in [1.29, 1.82) is 0 Å². The van der Waals surface area contributed by atoms with Crippen LogP contribution in [0.2, 0.25) is 0 Å². The van der Waals surface area contributed by atoms with Crippen molar-refractivity contribution in [2.45, 2.75) is 0 Å². The molecule has 204 valence electrons. The molecule has 0 unspecified atom stereocenters. The van der Waals surface area contributed by atoms with Gasteiger partial charge in [0, 0.05) is 0 Å². The molecule has 9 aromatic carbocycles. The van der Waals surface area contributed by atoms with Crippen LogP contribution in [0.3, 0.4) is 0 Å². The summed E-state index contributed by atoms with van der Waals surface area (Å²) in [5.41, 5.74) is 3.67. The third-order valence-electron chi connectivity index (χ3n) is 8.59. The maximum absolute atomic E-state index is 9.55. The Morgan fingerprint density at radius 1 is 0.364 bits per heavy atom. The molecule has 0 aliphatic heterocycles. The smallest absolute Gasteiger partial charge is 0.0622 e. The molecule has 0 spiro atoms. The molecule has 0 fully saturated rings. The second-order valence-electron chi connectivity index (χ2n) is 11.1. The summed E-state index contributed by atoms with van der Waals surface area (Å²) < 4.78 is 73.2. The van der Waals surface area contributed by atoms with Gasteiger partial charge in [0.05, 0.1) is 11.0 Å². The molecule has 0 bridgehead atoms. The van der Waals surface area contributed by atoms with Crippen LogP contribution < -0.4 is 0 Å². The van der Waals surface area contributed by atoms with Crippen molar-refractivity contribution in [3.8, 4) is 33.4 Å². The first-order chi connectivity index (χ1) is 25.2. The van der Waals surface area contributed by atoms with Crippen LogP contribution in [0.4, 0.5) is 0 Å². The summed E-state index contributed by atoms with van der Waals surface area (Å²) in [5, 5.41) is 6.29. The van der Waals surface area contributed by atoms with Crippen LogP contribution in [0.1, 0.15) is 11.0 Å². The molecule has 9 rings (SSSR count). The van der Waals surface area contributed by atoms with E-state index in [9.17, 15) is 5.48 Å². The minimum Gasteiger partial charge on any atom is -0.0622 e. The highest BCUT2D eigenvalue weighted by Gasteiger charge is 2.19. The molecule has 0 amide bonds. The van der Waals surface area contributed by atoms with Gasteiger partial charge in [-0.3, -0.25) is 0 Å². The van der Waals surface area contributed by atoms with E-state index in [0.29, 0.717) is 27.6 Å². The van der Waals surface area contributed by atoms with E-state index in [1.165, 1.54) is 0 Å². The Bertz CT molecular complexity index is 2990. The Hall–Kier alpha value is -5.72. The molecule has 44 heavy (non-hydrogen) atoms. The fraction of sp³-hybridized carbons (Fsp3) is 0. The van der Waals surface area contributed by atoms with Crippen molar-refractivity contribution in [3.63, 3.8) is 0 Å². The number of fused-ring (bicyclic) bond motifs is 6. The molecule has 0 N–H and O–H groups in total. The number of hydrogen-bond donors (Lipinski definition) is 0. The zero-order chi connectivity index (χ0) is 36.0. The zero-order valence-electron chi connectivity index (χ0n) is 31.5. The third-order valence-corrected chi connectivity index (χ3v) is 8.59. The third kappa shape index (κ3) is 3.85. The first kappa shape index (κ1) is 18.1. The SMILES string of the molecule is [2H]c1c([2H])c([2H])c2c(-c3cccc4ccc5cc6ccccc6cc5c34)c3c(-c4ccccc4-c4ccccc4)c([2H])c([2H])c([2H])c3c([2H])c2c1[2H]. The van der Waals surface area contributed by atoms with E-state index < -0.39 is 12.1 Å². The topological polar surface area (TPSA) is 0 Å². The van der Waals surface area contributed by atoms with E-state index in [4.69, 9.17) is 5.48 Å². The fourth-order valence-electron chi connectivity index (χ4n) is 6.65. The number of rotatable bonds is 3. The predicted molar refractivity (Wildman–Crippen MR) is 190 cm³/mol. The van der Waals surface area contributed by atoms with Gasteiger partial charge < -0.3 is 0 Å². The Kier molecular flexibility index (Phi) is 4.08. The normalized spacial score (nSPS) is 14.2. The van der Waals surface area contributed by atoms with Crippen LogP contribution >= 0.6 is 0 Å². The zero-order valence-corrected chi connectivity index (χ0v) is 23.5. The number of benzene rings is 9. The largest absolute Gasteiger partial charge is 0.0636 e. The molecule has 0 aromatic heterocycles. The van der Waals surface area contributed by atoms with Crippen LogP contribution in [-0.2, 0) is 0 Å². The highest BCUT2D eigenvalue weighted by Crippen LogP contribution is 2.46. The summed E-state index contributed by atoms with van der Waals surface area (Å²) in [4.78, 5) is 0. The second-order valence-corrected chi connectivity index (χ2v) is 11.1. The van der Waals surface area contributed by atoms with Crippen molar-refractivity contribution >= 4 is 53.9 Å². The highest BCUT2D eigenvalue weighted by molar-refractivity contribution is 6.25. The molecule has 0 aliphatic carbocycles. The van der Waals surface area contributed by atoms with Crippen molar-refractivity contribution in [2.24, 2.45) is 0 Å². The summed E-state index contributed by atoms with van der Waals surface area (Å²) in [7, 11) is 0. The molecule has 0 nitrogen and oxygen atoms in total. The van der Waals surface area contributed by atoms with Gasteiger partial charge in [-0.1, -0.05) is 151 Å². The van der Waals surface area contributed by atoms with Crippen LogP contribution in [0.25, 0.3) is 87.2 Å². The highest BCUT2D eigenvalue weighted by atomic mass is 14.2. The molecule has 0 saturated heterocycles. The van der Waals surface area contributed by atoms with Gasteiger partial charge in [0.25, 0.3) is 0 Å². The van der Waals surface area contributed by atoms with E-state index in [2.05, 4.69) is 30.3 Å². The molecular formula is C44H28. The molecule has 0 saturated carbocycles.